The third kappa shape index (κ3) is 3.12. The normalized spacial score (nSPS) is 10.3. The summed E-state index contributed by atoms with van der Waals surface area (Å²) in [5.41, 5.74) is 1.61. The quantitative estimate of drug-likeness (QED) is 0.848. The van der Waals surface area contributed by atoms with Crippen LogP contribution in [0.3, 0.4) is 0 Å². The van der Waals surface area contributed by atoms with E-state index in [1.165, 1.54) is 6.92 Å². The van der Waals surface area contributed by atoms with E-state index >= 15 is 0 Å². The molecule has 104 valence electrons. The Morgan fingerprint density at radius 3 is 2.55 bits per heavy atom. The Morgan fingerprint density at radius 2 is 1.95 bits per heavy atom. The number of carbonyl (C=O) groups is 2. The number of esters is 1. The molecule has 1 N–H and O–H groups in total. The highest BCUT2D eigenvalue weighted by atomic mass is 16.5. The van der Waals surface area contributed by atoms with Crippen molar-refractivity contribution in [1.29, 1.82) is 0 Å². The van der Waals surface area contributed by atoms with Gasteiger partial charge in [0.25, 0.3) is 0 Å². The lowest BCUT2D eigenvalue weighted by Crippen LogP contribution is -2.07. The van der Waals surface area contributed by atoms with Crippen LogP contribution in [0.25, 0.3) is 11.3 Å². The van der Waals surface area contributed by atoms with Crippen LogP contribution in [0.4, 0.5) is 0 Å². The summed E-state index contributed by atoms with van der Waals surface area (Å²) in [5, 5.41) is 0. The fraction of sp³-hybridized carbons (Fsp3) is 0.267. The van der Waals surface area contributed by atoms with Crippen LogP contribution in [0.2, 0.25) is 0 Å². The fourth-order valence-corrected chi connectivity index (χ4v) is 1.90. The minimum absolute atomic E-state index is 0.0197. The number of hydrogen-bond acceptors (Lipinski definition) is 4. The van der Waals surface area contributed by atoms with Crippen molar-refractivity contribution in [3.05, 3.63) is 41.9 Å². The topological polar surface area (TPSA) is 72.1 Å². The van der Waals surface area contributed by atoms with E-state index in [0.717, 1.165) is 5.56 Å². The molecule has 5 nitrogen and oxygen atoms in total. The third-order valence-electron chi connectivity index (χ3n) is 2.70. The molecule has 1 aromatic carbocycles. The molecule has 0 atom stereocenters. The van der Waals surface area contributed by atoms with Crippen LogP contribution in [-0.2, 0) is 16.0 Å². The molecule has 0 aliphatic rings. The molecule has 20 heavy (non-hydrogen) atoms. The maximum Gasteiger partial charge on any atom is 0.357 e. The number of Topliss-reactive ketones (excluding diaryl/α,β-unsaturated/α-hetero) is 1. The van der Waals surface area contributed by atoms with Crippen molar-refractivity contribution in [1.82, 2.24) is 9.97 Å². The second-order valence-corrected chi connectivity index (χ2v) is 4.37. The molecule has 2 rings (SSSR count). The van der Waals surface area contributed by atoms with Crippen LogP contribution in [-0.4, -0.2) is 28.3 Å². The zero-order valence-electron chi connectivity index (χ0n) is 11.5. The first-order valence-corrected chi connectivity index (χ1v) is 6.42. The first kappa shape index (κ1) is 14.0. The first-order chi connectivity index (χ1) is 9.61. The van der Waals surface area contributed by atoms with Crippen molar-refractivity contribution in [2.45, 2.75) is 20.3 Å². The van der Waals surface area contributed by atoms with E-state index in [-0.39, 0.29) is 24.5 Å². The van der Waals surface area contributed by atoms with Gasteiger partial charge in [0, 0.05) is 5.56 Å². The molecule has 0 fully saturated rings. The summed E-state index contributed by atoms with van der Waals surface area (Å²) in [7, 11) is 0. The summed E-state index contributed by atoms with van der Waals surface area (Å²) in [5.74, 6) is -0.0122. The number of rotatable bonds is 5. The van der Waals surface area contributed by atoms with E-state index in [1.54, 1.807) is 6.92 Å². The van der Waals surface area contributed by atoms with Gasteiger partial charge in [-0.1, -0.05) is 30.3 Å². The van der Waals surface area contributed by atoms with Gasteiger partial charge in [-0.25, -0.2) is 9.78 Å². The van der Waals surface area contributed by atoms with Crippen LogP contribution in [0.15, 0.2) is 30.3 Å². The Labute approximate surface area is 117 Å². The van der Waals surface area contributed by atoms with E-state index < -0.39 is 5.97 Å². The van der Waals surface area contributed by atoms with Gasteiger partial charge in [-0.2, -0.15) is 0 Å². The standard InChI is InChI=1S/C15H16N2O3/c1-3-20-15(19)14-13(11-7-5-4-6-8-11)16-12(17-14)9-10(2)18/h4-8H,3,9H2,1-2H3,(H,16,17). The SMILES string of the molecule is CCOC(=O)c1[nH]c(CC(C)=O)nc1-c1ccccc1. The molecule has 0 unspecified atom stereocenters. The molecule has 0 saturated heterocycles. The van der Waals surface area contributed by atoms with Crippen LogP contribution in [0.1, 0.15) is 30.2 Å². The summed E-state index contributed by atoms with van der Waals surface area (Å²) >= 11 is 0. The number of ether oxygens (including phenoxy) is 1. The highest BCUT2D eigenvalue weighted by Crippen LogP contribution is 2.22. The lowest BCUT2D eigenvalue weighted by atomic mass is 10.1. The average Bonchev–Trinajstić information content (AvgIpc) is 2.83. The van der Waals surface area contributed by atoms with Gasteiger partial charge >= 0.3 is 5.97 Å². The second-order valence-electron chi connectivity index (χ2n) is 4.37. The number of nitrogens with one attached hydrogen (secondary N) is 1. The predicted octanol–water partition coefficient (Wildman–Crippen LogP) is 2.38. The molecular formula is C15H16N2O3. The van der Waals surface area contributed by atoms with Crippen LogP contribution >= 0.6 is 0 Å². The van der Waals surface area contributed by atoms with Crippen molar-refractivity contribution in [3.8, 4) is 11.3 Å². The Morgan fingerprint density at radius 1 is 1.25 bits per heavy atom. The van der Waals surface area contributed by atoms with Crippen molar-refractivity contribution in [2.24, 2.45) is 0 Å². The van der Waals surface area contributed by atoms with Crippen molar-refractivity contribution < 1.29 is 14.3 Å². The van der Waals surface area contributed by atoms with Crippen molar-refractivity contribution in [2.75, 3.05) is 6.61 Å². The Balaban J connectivity index is 2.44. The molecule has 0 aliphatic carbocycles. The number of aromatic amines is 1. The number of carbonyl (C=O) groups excluding carboxylic acids is 2. The van der Waals surface area contributed by atoms with Gasteiger partial charge in [0.05, 0.1) is 13.0 Å². The molecule has 0 aliphatic heterocycles. The molecule has 2 aromatic rings. The van der Waals surface area contributed by atoms with Gasteiger partial charge < -0.3 is 9.72 Å². The monoisotopic (exact) mass is 272 g/mol. The van der Waals surface area contributed by atoms with E-state index in [0.29, 0.717) is 11.5 Å². The van der Waals surface area contributed by atoms with Crippen LogP contribution in [0.5, 0.6) is 0 Å². The number of imidazole rings is 1. The lowest BCUT2D eigenvalue weighted by molar-refractivity contribution is -0.116. The zero-order valence-corrected chi connectivity index (χ0v) is 11.5. The highest BCUT2D eigenvalue weighted by molar-refractivity contribution is 5.94. The molecule has 0 bridgehead atoms. The first-order valence-electron chi connectivity index (χ1n) is 6.42. The summed E-state index contributed by atoms with van der Waals surface area (Å²) < 4.78 is 5.01. The molecule has 1 heterocycles. The van der Waals surface area contributed by atoms with Crippen LogP contribution in [0, 0.1) is 0 Å². The van der Waals surface area contributed by atoms with Gasteiger partial charge in [0.15, 0.2) is 5.69 Å². The van der Waals surface area contributed by atoms with E-state index in [4.69, 9.17) is 4.74 Å². The smallest absolute Gasteiger partial charge is 0.357 e. The molecule has 0 amide bonds. The van der Waals surface area contributed by atoms with E-state index in [1.807, 2.05) is 30.3 Å². The van der Waals surface area contributed by atoms with E-state index in [2.05, 4.69) is 9.97 Å². The number of H-pyrrole nitrogens is 1. The second kappa shape index (κ2) is 6.14. The molecule has 0 saturated carbocycles. The predicted molar refractivity (Wildman–Crippen MR) is 74.4 cm³/mol. The summed E-state index contributed by atoms with van der Waals surface area (Å²) in [6.07, 6.45) is 0.166. The van der Waals surface area contributed by atoms with Gasteiger partial charge in [-0.15, -0.1) is 0 Å². The lowest BCUT2D eigenvalue weighted by Gasteiger charge is -2.02. The molecule has 0 radical (unpaired) electrons. The summed E-state index contributed by atoms with van der Waals surface area (Å²) in [6, 6.07) is 9.33. The van der Waals surface area contributed by atoms with Crippen LogP contribution < -0.4 is 0 Å². The van der Waals surface area contributed by atoms with Gasteiger partial charge in [0.1, 0.15) is 17.3 Å². The number of ketones is 1. The number of benzene rings is 1. The molecular weight excluding hydrogens is 256 g/mol. The minimum Gasteiger partial charge on any atom is -0.461 e. The molecule has 5 heteroatoms. The summed E-state index contributed by atoms with van der Waals surface area (Å²) in [6.45, 7) is 3.51. The average molecular weight is 272 g/mol. The fourth-order valence-electron chi connectivity index (χ4n) is 1.90. The maximum absolute atomic E-state index is 12.0. The maximum atomic E-state index is 12.0. The Kier molecular flexibility index (Phi) is 4.30. The zero-order chi connectivity index (χ0) is 14.5. The van der Waals surface area contributed by atoms with Gasteiger partial charge in [-0.3, -0.25) is 4.79 Å². The van der Waals surface area contributed by atoms with E-state index in [9.17, 15) is 9.59 Å². The number of nitrogens with zero attached hydrogens (tertiary/aromatic N) is 1. The number of hydrogen-bond donors (Lipinski definition) is 1. The molecule has 0 spiro atoms. The van der Waals surface area contributed by atoms with Gasteiger partial charge in [-0.05, 0) is 13.8 Å². The molecule has 1 aromatic heterocycles. The summed E-state index contributed by atoms with van der Waals surface area (Å²) in [4.78, 5) is 30.4. The third-order valence-corrected chi connectivity index (χ3v) is 2.70. The van der Waals surface area contributed by atoms with Crippen molar-refractivity contribution in [3.63, 3.8) is 0 Å². The Hall–Kier alpha value is -2.43. The highest BCUT2D eigenvalue weighted by Gasteiger charge is 2.20. The van der Waals surface area contributed by atoms with Gasteiger partial charge in [0.2, 0.25) is 0 Å². The minimum atomic E-state index is -0.464. The van der Waals surface area contributed by atoms with Crippen molar-refractivity contribution >= 4 is 11.8 Å². The largest absolute Gasteiger partial charge is 0.461 e. The Bertz CT molecular complexity index is 617. The number of aromatic nitrogens is 2.